The maximum atomic E-state index is 12.3. The van der Waals surface area contributed by atoms with E-state index in [-0.39, 0.29) is 28.7 Å². The van der Waals surface area contributed by atoms with Crippen LogP contribution in [0, 0.1) is 6.92 Å². The van der Waals surface area contributed by atoms with Gasteiger partial charge in [0.25, 0.3) is 0 Å². The molecular formula is C17H20N2O3S2. The molecule has 1 N–H and O–H groups in total. The van der Waals surface area contributed by atoms with Gasteiger partial charge < -0.3 is 5.32 Å². The van der Waals surface area contributed by atoms with Crippen molar-refractivity contribution in [3.05, 3.63) is 35.9 Å². The number of sulfone groups is 1. The topological polar surface area (TPSA) is 76.1 Å². The molecular weight excluding hydrogens is 344 g/mol. The minimum Gasteiger partial charge on any atom is -0.351 e. The van der Waals surface area contributed by atoms with Crippen LogP contribution in [0.1, 0.15) is 18.9 Å². The predicted molar refractivity (Wildman–Crippen MR) is 97.0 cm³/mol. The number of rotatable bonds is 4. The number of pyridine rings is 1. The zero-order valence-electron chi connectivity index (χ0n) is 13.7. The van der Waals surface area contributed by atoms with E-state index in [1.807, 2.05) is 44.2 Å². The van der Waals surface area contributed by atoms with Crippen LogP contribution >= 0.6 is 11.8 Å². The van der Waals surface area contributed by atoms with Crippen LogP contribution in [-0.4, -0.2) is 42.1 Å². The fourth-order valence-electron chi connectivity index (χ4n) is 2.84. The number of para-hydroxylation sites is 1. The first kappa shape index (κ1) is 17.2. The zero-order chi connectivity index (χ0) is 17.3. The molecule has 1 amide bonds. The van der Waals surface area contributed by atoms with E-state index >= 15 is 0 Å². The predicted octanol–water partition coefficient (Wildman–Crippen LogP) is 2.33. The van der Waals surface area contributed by atoms with Crippen molar-refractivity contribution in [3.63, 3.8) is 0 Å². The number of hydrogen-bond donors (Lipinski definition) is 1. The second-order valence-corrected chi connectivity index (χ2v) is 9.75. The van der Waals surface area contributed by atoms with Gasteiger partial charge in [-0.15, -0.1) is 0 Å². The second kappa shape index (κ2) is 6.72. The number of carbonyl (C=O) groups is 1. The Labute approximate surface area is 146 Å². The minimum absolute atomic E-state index is 0.0451. The molecule has 0 saturated carbocycles. The third-order valence-corrected chi connectivity index (χ3v) is 6.93. The van der Waals surface area contributed by atoms with Gasteiger partial charge in [-0.1, -0.05) is 30.0 Å². The number of fused-ring (bicyclic) bond motifs is 1. The summed E-state index contributed by atoms with van der Waals surface area (Å²) in [6.45, 7) is 3.85. The van der Waals surface area contributed by atoms with E-state index in [9.17, 15) is 13.2 Å². The minimum atomic E-state index is -2.99. The standard InChI is InChI=1S/C17H20N2O3S2/c1-11-9-16(19-15-6-4-3-5-14(11)15)23-12(2)17(20)18-13-7-8-24(21,22)10-13/h3-6,9,12-13H,7-8,10H2,1-2H3,(H,18,20). The Bertz CT molecular complexity index is 881. The molecule has 3 rings (SSSR count). The van der Waals surface area contributed by atoms with Crippen molar-refractivity contribution in [1.29, 1.82) is 0 Å². The van der Waals surface area contributed by atoms with E-state index in [4.69, 9.17) is 0 Å². The molecule has 2 aromatic rings. The number of benzene rings is 1. The molecule has 128 valence electrons. The van der Waals surface area contributed by atoms with Gasteiger partial charge in [-0.2, -0.15) is 0 Å². The van der Waals surface area contributed by atoms with Crippen LogP contribution in [0.15, 0.2) is 35.4 Å². The highest BCUT2D eigenvalue weighted by atomic mass is 32.2. The largest absolute Gasteiger partial charge is 0.351 e. The summed E-state index contributed by atoms with van der Waals surface area (Å²) in [4.78, 5) is 16.9. The summed E-state index contributed by atoms with van der Waals surface area (Å²) in [5.74, 6) is 0.0589. The van der Waals surface area contributed by atoms with Crippen LogP contribution < -0.4 is 5.32 Å². The second-order valence-electron chi connectivity index (χ2n) is 6.16. The molecule has 1 saturated heterocycles. The summed E-state index contributed by atoms with van der Waals surface area (Å²) in [5, 5.41) is 4.41. The third kappa shape index (κ3) is 3.89. The van der Waals surface area contributed by atoms with Crippen molar-refractivity contribution < 1.29 is 13.2 Å². The maximum Gasteiger partial charge on any atom is 0.233 e. The Hall–Kier alpha value is -1.60. The smallest absolute Gasteiger partial charge is 0.233 e. The lowest BCUT2D eigenvalue weighted by molar-refractivity contribution is -0.120. The van der Waals surface area contributed by atoms with E-state index in [0.717, 1.165) is 21.5 Å². The average molecular weight is 364 g/mol. The molecule has 1 aromatic heterocycles. The number of aromatic nitrogens is 1. The summed E-state index contributed by atoms with van der Waals surface area (Å²) in [5.41, 5.74) is 2.03. The van der Waals surface area contributed by atoms with Crippen molar-refractivity contribution >= 4 is 38.4 Å². The van der Waals surface area contributed by atoms with Crippen LogP contribution in [0.4, 0.5) is 0 Å². The number of nitrogens with zero attached hydrogens (tertiary/aromatic N) is 1. The monoisotopic (exact) mass is 364 g/mol. The lowest BCUT2D eigenvalue weighted by Gasteiger charge is -2.16. The number of aryl methyl sites for hydroxylation is 1. The molecule has 1 fully saturated rings. The fourth-order valence-corrected chi connectivity index (χ4v) is 5.45. The number of carbonyl (C=O) groups excluding carboxylic acids is 1. The van der Waals surface area contributed by atoms with Gasteiger partial charge in [0.1, 0.15) is 0 Å². The van der Waals surface area contributed by atoms with Crippen LogP contribution in [0.2, 0.25) is 0 Å². The van der Waals surface area contributed by atoms with Gasteiger partial charge in [0.15, 0.2) is 9.84 Å². The quantitative estimate of drug-likeness (QED) is 0.843. The summed E-state index contributed by atoms with van der Waals surface area (Å²) in [6, 6.07) is 9.63. The van der Waals surface area contributed by atoms with Gasteiger partial charge in [0.2, 0.25) is 5.91 Å². The van der Waals surface area contributed by atoms with Crippen molar-refractivity contribution in [3.8, 4) is 0 Å². The Morgan fingerprint density at radius 1 is 1.38 bits per heavy atom. The fraction of sp³-hybridized carbons (Fsp3) is 0.412. The van der Waals surface area contributed by atoms with E-state index < -0.39 is 9.84 Å². The molecule has 2 unspecified atom stereocenters. The lowest BCUT2D eigenvalue weighted by Crippen LogP contribution is -2.39. The number of nitrogens with one attached hydrogen (secondary N) is 1. The van der Waals surface area contributed by atoms with Crippen molar-refractivity contribution in [2.24, 2.45) is 0 Å². The molecule has 1 aliphatic rings. The van der Waals surface area contributed by atoms with Gasteiger partial charge in [-0.05, 0) is 38.0 Å². The molecule has 0 bridgehead atoms. The van der Waals surface area contributed by atoms with Crippen LogP contribution in [0.25, 0.3) is 10.9 Å². The number of amides is 1. The van der Waals surface area contributed by atoms with Crippen molar-refractivity contribution in [2.45, 2.75) is 36.6 Å². The normalized spacial score (nSPS) is 20.8. The summed E-state index contributed by atoms with van der Waals surface area (Å²) in [6.07, 6.45) is 0.499. The number of thioether (sulfide) groups is 1. The summed E-state index contributed by atoms with van der Waals surface area (Å²) in [7, 11) is -2.99. The molecule has 0 aliphatic carbocycles. The molecule has 1 aromatic carbocycles. The molecule has 7 heteroatoms. The van der Waals surface area contributed by atoms with E-state index in [0.29, 0.717) is 6.42 Å². The molecule has 5 nitrogen and oxygen atoms in total. The molecule has 24 heavy (non-hydrogen) atoms. The number of hydrogen-bond acceptors (Lipinski definition) is 5. The molecule has 0 radical (unpaired) electrons. The first-order valence-electron chi connectivity index (χ1n) is 7.88. The molecule has 2 heterocycles. The third-order valence-electron chi connectivity index (χ3n) is 4.15. The van der Waals surface area contributed by atoms with Crippen molar-refractivity contribution in [1.82, 2.24) is 10.3 Å². The Balaban J connectivity index is 1.68. The van der Waals surface area contributed by atoms with Gasteiger partial charge >= 0.3 is 0 Å². The van der Waals surface area contributed by atoms with E-state index in [2.05, 4.69) is 10.3 Å². The Kier molecular flexibility index (Phi) is 4.83. The lowest BCUT2D eigenvalue weighted by atomic mass is 10.1. The highest BCUT2D eigenvalue weighted by Crippen LogP contribution is 2.26. The summed E-state index contributed by atoms with van der Waals surface area (Å²) >= 11 is 1.39. The highest BCUT2D eigenvalue weighted by Gasteiger charge is 2.30. The van der Waals surface area contributed by atoms with Crippen LogP contribution in [0.3, 0.4) is 0 Å². The van der Waals surface area contributed by atoms with Crippen LogP contribution in [0.5, 0.6) is 0 Å². The SMILES string of the molecule is Cc1cc(SC(C)C(=O)NC2CCS(=O)(=O)C2)nc2ccccc12. The Morgan fingerprint density at radius 3 is 2.83 bits per heavy atom. The zero-order valence-corrected chi connectivity index (χ0v) is 15.3. The van der Waals surface area contributed by atoms with Crippen molar-refractivity contribution in [2.75, 3.05) is 11.5 Å². The average Bonchev–Trinajstić information content (AvgIpc) is 2.86. The first-order valence-corrected chi connectivity index (χ1v) is 10.6. The maximum absolute atomic E-state index is 12.3. The highest BCUT2D eigenvalue weighted by molar-refractivity contribution is 8.00. The van der Waals surface area contributed by atoms with Gasteiger partial charge in [0.05, 0.1) is 27.3 Å². The first-order chi connectivity index (χ1) is 11.3. The van der Waals surface area contributed by atoms with Crippen LogP contribution in [-0.2, 0) is 14.6 Å². The van der Waals surface area contributed by atoms with Gasteiger partial charge in [-0.3, -0.25) is 4.79 Å². The molecule has 2 atom stereocenters. The van der Waals surface area contributed by atoms with E-state index in [1.54, 1.807) is 0 Å². The van der Waals surface area contributed by atoms with E-state index in [1.165, 1.54) is 11.8 Å². The van der Waals surface area contributed by atoms with Gasteiger partial charge in [-0.25, -0.2) is 13.4 Å². The summed E-state index contributed by atoms with van der Waals surface area (Å²) < 4.78 is 23.0. The molecule has 0 spiro atoms. The Morgan fingerprint density at radius 2 is 2.12 bits per heavy atom. The molecule has 1 aliphatic heterocycles. The van der Waals surface area contributed by atoms with Gasteiger partial charge in [0, 0.05) is 11.4 Å².